The fourth-order valence-corrected chi connectivity index (χ4v) is 2.22. The first-order valence-corrected chi connectivity index (χ1v) is 6.13. The molecule has 0 amide bonds. The first-order chi connectivity index (χ1) is 8.27. The van der Waals surface area contributed by atoms with Gasteiger partial charge < -0.3 is 0 Å². The maximum atomic E-state index is 11.3. The molecule has 0 fully saturated rings. The summed E-state index contributed by atoms with van der Waals surface area (Å²) in [6.45, 7) is 1.57. The molecular weight excluding hydrogens is 230 g/mol. The van der Waals surface area contributed by atoms with E-state index in [0.717, 1.165) is 11.4 Å². The highest BCUT2D eigenvalue weighted by atomic mass is 32.2. The Balaban J connectivity index is 2.36. The molecule has 0 saturated heterocycles. The molecule has 0 heterocycles. The molecule has 0 bridgehead atoms. The van der Waals surface area contributed by atoms with Crippen molar-refractivity contribution < 1.29 is 4.79 Å². The lowest BCUT2D eigenvalue weighted by Crippen LogP contribution is -2.09. The van der Waals surface area contributed by atoms with Crippen molar-refractivity contribution in [3.05, 3.63) is 60.7 Å². The van der Waals surface area contributed by atoms with Gasteiger partial charge in [0.2, 0.25) is 5.12 Å². The van der Waals surface area contributed by atoms with Gasteiger partial charge in [-0.25, -0.2) is 0 Å². The number of hydrogen-bond donors (Lipinski definition) is 0. The molecule has 0 N–H and O–H groups in total. The number of nitrogens with zero attached hydrogens (tertiary/aromatic N) is 1. The first-order valence-electron chi connectivity index (χ1n) is 5.36. The molecule has 0 aliphatic rings. The Labute approximate surface area is 105 Å². The van der Waals surface area contributed by atoms with E-state index in [-0.39, 0.29) is 5.12 Å². The molecule has 0 aliphatic heterocycles. The largest absolute Gasteiger partial charge is 0.286 e. The van der Waals surface area contributed by atoms with Crippen molar-refractivity contribution in [1.82, 2.24) is 0 Å². The molecule has 0 spiro atoms. The van der Waals surface area contributed by atoms with E-state index < -0.39 is 0 Å². The zero-order chi connectivity index (χ0) is 12.1. The maximum Gasteiger partial charge on any atom is 0.206 e. The van der Waals surface area contributed by atoms with Crippen LogP contribution in [-0.4, -0.2) is 5.12 Å². The summed E-state index contributed by atoms with van der Waals surface area (Å²) >= 11 is 1.20. The van der Waals surface area contributed by atoms with Crippen LogP contribution in [0.3, 0.4) is 0 Å². The fraction of sp³-hybridized carbons (Fsp3) is 0.0714. The Bertz CT molecular complexity index is 445. The van der Waals surface area contributed by atoms with Crippen LogP contribution in [0.5, 0.6) is 0 Å². The van der Waals surface area contributed by atoms with Gasteiger partial charge in [0.15, 0.2) is 0 Å². The summed E-state index contributed by atoms with van der Waals surface area (Å²) in [6.07, 6.45) is 0. The number of para-hydroxylation sites is 2. The van der Waals surface area contributed by atoms with E-state index in [0.29, 0.717) is 0 Å². The van der Waals surface area contributed by atoms with Crippen molar-refractivity contribution in [1.29, 1.82) is 0 Å². The molecule has 0 saturated carbocycles. The van der Waals surface area contributed by atoms with Crippen LogP contribution in [0.15, 0.2) is 60.7 Å². The second-order valence-corrected chi connectivity index (χ2v) is 4.67. The summed E-state index contributed by atoms with van der Waals surface area (Å²) in [6, 6.07) is 19.7. The van der Waals surface area contributed by atoms with Crippen LogP contribution in [0.1, 0.15) is 6.92 Å². The molecule has 3 heteroatoms. The summed E-state index contributed by atoms with van der Waals surface area (Å²) in [5, 5.41) is 0.0673. The second kappa shape index (κ2) is 5.55. The van der Waals surface area contributed by atoms with Crippen molar-refractivity contribution in [3.63, 3.8) is 0 Å². The number of hydrogen-bond acceptors (Lipinski definition) is 3. The molecule has 0 aliphatic carbocycles. The van der Waals surface area contributed by atoms with E-state index in [9.17, 15) is 4.79 Å². The van der Waals surface area contributed by atoms with Gasteiger partial charge in [-0.05, 0) is 24.3 Å². The first kappa shape index (κ1) is 11.7. The van der Waals surface area contributed by atoms with Crippen molar-refractivity contribution in [2.75, 3.05) is 4.31 Å². The van der Waals surface area contributed by atoms with Crippen molar-refractivity contribution >= 4 is 28.4 Å². The van der Waals surface area contributed by atoms with E-state index in [1.54, 1.807) is 6.92 Å². The zero-order valence-electron chi connectivity index (χ0n) is 9.54. The molecule has 0 aromatic heterocycles. The summed E-state index contributed by atoms with van der Waals surface area (Å²) in [5.41, 5.74) is 2.00. The maximum absolute atomic E-state index is 11.3. The summed E-state index contributed by atoms with van der Waals surface area (Å²) < 4.78 is 1.93. The minimum absolute atomic E-state index is 0.0673. The second-order valence-electron chi connectivity index (χ2n) is 3.55. The van der Waals surface area contributed by atoms with E-state index in [4.69, 9.17) is 0 Å². The Kier molecular flexibility index (Phi) is 3.83. The normalized spacial score (nSPS) is 9.94. The van der Waals surface area contributed by atoms with E-state index in [1.807, 2.05) is 65.0 Å². The molecule has 2 nitrogen and oxygen atoms in total. The van der Waals surface area contributed by atoms with Crippen LogP contribution in [0.2, 0.25) is 0 Å². The predicted molar refractivity (Wildman–Crippen MR) is 73.3 cm³/mol. The molecule has 86 valence electrons. The van der Waals surface area contributed by atoms with Gasteiger partial charge in [-0.2, -0.15) is 0 Å². The highest BCUT2D eigenvalue weighted by molar-refractivity contribution is 8.15. The number of carbonyl (C=O) groups is 1. The topological polar surface area (TPSA) is 20.3 Å². The smallest absolute Gasteiger partial charge is 0.206 e. The molecule has 2 aromatic carbocycles. The van der Waals surface area contributed by atoms with E-state index in [2.05, 4.69) is 0 Å². The predicted octanol–water partition coefficient (Wildman–Crippen LogP) is 4.02. The lowest BCUT2D eigenvalue weighted by molar-refractivity contribution is -0.109. The number of carbonyl (C=O) groups excluding carboxylic acids is 1. The minimum Gasteiger partial charge on any atom is -0.286 e. The van der Waals surface area contributed by atoms with Gasteiger partial charge in [0.1, 0.15) is 0 Å². The SMILES string of the molecule is CC(=O)SN(c1ccccc1)c1ccccc1. The van der Waals surface area contributed by atoms with Gasteiger partial charge in [-0.3, -0.25) is 9.10 Å². The van der Waals surface area contributed by atoms with Gasteiger partial charge in [0.05, 0.1) is 11.4 Å². The van der Waals surface area contributed by atoms with Crippen LogP contribution >= 0.6 is 11.9 Å². The Morgan fingerprint density at radius 2 is 1.29 bits per heavy atom. The third kappa shape index (κ3) is 3.11. The lowest BCUT2D eigenvalue weighted by atomic mass is 10.3. The molecule has 17 heavy (non-hydrogen) atoms. The molecular formula is C14H13NOS. The van der Waals surface area contributed by atoms with Gasteiger partial charge in [-0.1, -0.05) is 36.4 Å². The Hall–Kier alpha value is -1.74. The quantitative estimate of drug-likeness (QED) is 0.759. The lowest BCUT2D eigenvalue weighted by Gasteiger charge is -2.21. The minimum atomic E-state index is 0.0673. The summed E-state index contributed by atoms with van der Waals surface area (Å²) in [5.74, 6) is 0. The average Bonchev–Trinajstić information content (AvgIpc) is 2.38. The standard InChI is InChI=1S/C14H13NOS/c1-12(16)17-15(13-8-4-2-5-9-13)14-10-6-3-7-11-14/h2-11H,1H3. The Morgan fingerprint density at radius 1 is 0.882 bits per heavy atom. The monoisotopic (exact) mass is 243 g/mol. The van der Waals surface area contributed by atoms with Crippen LogP contribution < -0.4 is 4.31 Å². The molecule has 2 rings (SSSR count). The molecule has 0 radical (unpaired) electrons. The van der Waals surface area contributed by atoms with E-state index in [1.165, 1.54) is 11.9 Å². The summed E-state index contributed by atoms with van der Waals surface area (Å²) in [7, 11) is 0. The van der Waals surface area contributed by atoms with Gasteiger partial charge in [-0.15, -0.1) is 0 Å². The Morgan fingerprint density at radius 3 is 1.65 bits per heavy atom. The average molecular weight is 243 g/mol. The van der Waals surface area contributed by atoms with Crippen molar-refractivity contribution in [3.8, 4) is 0 Å². The third-order valence-corrected chi connectivity index (χ3v) is 3.06. The summed E-state index contributed by atoms with van der Waals surface area (Å²) in [4.78, 5) is 11.3. The van der Waals surface area contributed by atoms with Gasteiger partial charge >= 0.3 is 0 Å². The van der Waals surface area contributed by atoms with Gasteiger partial charge in [0, 0.05) is 18.9 Å². The van der Waals surface area contributed by atoms with Crippen LogP contribution in [0, 0.1) is 0 Å². The number of anilines is 2. The molecule has 2 aromatic rings. The number of benzene rings is 2. The number of rotatable bonds is 3. The highest BCUT2D eigenvalue weighted by Gasteiger charge is 2.11. The van der Waals surface area contributed by atoms with Crippen LogP contribution in [0.25, 0.3) is 0 Å². The van der Waals surface area contributed by atoms with Crippen molar-refractivity contribution in [2.45, 2.75) is 6.92 Å². The van der Waals surface area contributed by atoms with Crippen molar-refractivity contribution in [2.24, 2.45) is 0 Å². The van der Waals surface area contributed by atoms with Crippen LogP contribution in [0.4, 0.5) is 11.4 Å². The fourth-order valence-electron chi connectivity index (χ4n) is 1.51. The molecule has 0 unspecified atom stereocenters. The van der Waals surface area contributed by atoms with E-state index >= 15 is 0 Å². The zero-order valence-corrected chi connectivity index (χ0v) is 10.4. The third-order valence-electron chi connectivity index (χ3n) is 2.20. The highest BCUT2D eigenvalue weighted by Crippen LogP contribution is 2.32. The van der Waals surface area contributed by atoms with Crippen LogP contribution in [-0.2, 0) is 4.79 Å². The van der Waals surface area contributed by atoms with Gasteiger partial charge in [0.25, 0.3) is 0 Å². The molecule has 0 atom stereocenters.